The minimum Gasteiger partial charge on any atom is -0.277 e. The Labute approximate surface area is 289 Å². The summed E-state index contributed by atoms with van der Waals surface area (Å²) in [5.41, 5.74) is 16.1. The van der Waals surface area contributed by atoms with E-state index in [1.54, 1.807) is 0 Å². The highest BCUT2D eigenvalue weighted by Crippen LogP contribution is 2.64. The Hall–Kier alpha value is -6.58. The van der Waals surface area contributed by atoms with Gasteiger partial charge in [0.2, 0.25) is 5.95 Å². The Bertz CT molecular complexity index is 2710. The smallest absolute Gasteiger partial charge is 0.235 e. The van der Waals surface area contributed by atoms with Gasteiger partial charge in [-0.25, -0.2) is 9.97 Å². The zero-order valence-corrected chi connectivity index (χ0v) is 27.1. The molecular formula is C47H29N3. The van der Waals surface area contributed by atoms with Crippen molar-refractivity contribution in [3.63, 3.8) is 0 Å². The van der Waals surface area contributed by atoms with Crippen LogP contribution in [0.25, 0.3) is 72.5 Å². The molecule has 232 valence electrons. The average molecular weight is 636 g/mol. The molecule has 0 unspecified atom stereocenters. The van der Waals surface area contributed by atoms with Gasteiger partial charge in [-0.15, -0.1) is 0 Å². The molecule has 3 nitrogen and oxygen atoms in total. The summed E-state index contributed by atoms with van der Waals surface area (Å²) in [6.07, 6.45) is 0. The first-order valence-corrected chi connectivity index (χ1v) is 17.2. The topological polar surface area (TPSA) is 30.7 Å². The molecule has 1 spiro atoms. The van der Waals surface area contributed by atoms with Crippen molar-refractivity contribution in [1.82, 2.24) is 14.5 Å². The second-order valence-corrected chi connectivity index (χ2v) is 13.3. The molecule has 0 fully saturated rings. The molecule has 50 heavy (non-hydrogen) atoms. The Balaban J connectivity index is 1.30. The molecule has 2 aromatic heterocycles. The predicted molar refractivity (Wildman–Crippen MR) is 204 cm³/mol. The summed E-state index contributed by atoms with van der Waals surface area (Å²) in [5, 5.41) is 2.38. The van der Waals surface area contributed by atoms with Crippen molar-refractivity contribution >= 4 is 21.8 Å². The lowest BCUT2D eigenvalue weighted by Gasteiger charge is -2.30. The van der Waals surface area contributed by atoms with Crippen molar-refractivity contribution in [1.29, 1.82) is 0 Å². The normalized spacial score (nSPS) is 13.4. The summed E-state index contributed by atoms with van der Waals surface area (Å²) < 4.78 is 2.32. The van der Waals surface area contributed by atoms with Crippen LogP contribution in [0.15, 0.2) is 176 Å². The van der Waals surface area contributed by atoms with Crippen molar-refractivity contribution < 1.29 is 0 Å². The maximum atomic E-state index is 5.37. The molecule has 2 aliphatic carbocycles. The largest absolute Gasteiger partial charge is 0.277 e. The molecule has 0 bridgehead atoms. The minimum absolute atomic E-state index is 0.434. The van der Waals surface area contributed by atoms with Gasteiger partial charge in [-0.1, -0.05) is 164 Å². The molecule has 0 N–H and O–H groups in total. The third-order valence-corrected chi connectivity index (χ3v) is 10.8. The molecule has 3 heteroatoms. The van der Waals surface area contributed by atoms with Crippen LogP contribution in [0.4, 0.5) is 0 Å². The van der Waals surface area contributed by atoms with E-state index in [2.05, 4.69) is 168 Å². The lowest BCUT2D eigenvalue weighted by Crippen LogP contribution is -2.25. The summed E-state index contributed by atoms with van der Waals surface area (Å²) in [6, 6.07) is 63.4. The van der Waals surface area contributed by atoms with Crippen molar-refractivity contribution in [3.05, 3.63) is 198 Å². The van der Waals surface area contributed by atoms with E-state index >= 15 is 0 Å². The first kappa shape index (κ1) is 27.4. The summed E-state index contributed by atoms with van der Waals surface area (Å²) in [6.45, 7) is 0. The van der Waals surface area contributed by atoms with Crippen LogP contribution < -0.4 is 0 Å². The number of aromatic nitrogens is 3. The number of nitrogens with zero attached hydrogens (tertiary/aromatic N) is 3. The maximum Gasteiger partial charge on any atom is 0.235 e. The number of hydrogen-bond donors (Lipinski definition) is 0. The van der Waals surface area contributed by atoms with E-state index in [1.807, 2.05) is 12.1 Å². The molecule has 9 aromatic rings. The van der Waals surface area contributed by atoms with Crippen LogP contribution in [-0.2, 0) is 5.41 Å². The van der Waals surface area contributed by atoms with E-state index in [9.17, 15) is 0 Å². The lowest BCUT2D eigenvalue weighted by atomic mass is 9.70. The van der Waals surface area contributed by atoms with Crippen LogP contribution in [0, 0.1) is 0 Å². The van der Waals surface area contributed by atoms with Crippen LogP contribution in [-0.4, -0.2) is 14.5 Å². The van der Waals surface area contributed by atoms with Crippen molar-refractivity contribution in [2.24, 2.45) is 0 Å². The van der Waals surface area contributed by atoms with Gasteiger partial charge in [0.1, 0.15) is 0 Å². The molecule has 2 aliphatic rings. The van der Waals surface area contributed by atoms with Crippen molar-refractivity contribution in [3.8, 4) is 50.7 Å². The van der Waals surface area contributed by atoms with Crippen molar-refractivity contribution in [2.45, 2.75) is 5.41 Å². The van der Waals surface area contributed by atoms with Gasteiger partial charge in [0.15, 0.2) is 0 Å². The lowest BCUT2D eigenvalue weighted by molar-refractivity contribution is 0.794. The van der Waals surface area contributed by atoms with Gasteiger partial charge in [-0.3, -0.25) is 4.57 Å². The first-order valence-electron chi connectivity index (χ1n) is 17.2. The van der Waals surface area contributed by atoms with E-state index < -0.39 is 5.41 Å². The van der Waals surface area contributed by atoms with Crippen LogP contribution in [0.5, 0.6) is 0 Å². The molecule has 0 radical (unpaired) electrons. The van der Waals surface area contributed by atoms with E-state index in [4.69, 9.17) is 9.97 Å². The number of fused-ring (bicyclic) bond motifs is 14. The van der Waals surface area contributed by atoms with Crippen LogP contribution >= 0.6 is 0 Å². The van der Waals surface area contributed by atoms with E-state index in [-0.39, 0.29) is 0 Å². The second kappa shape index (κ2) is 10.2. The monoisotopic (exact) mass is 635 g/mol. The molecule has 0 aliphatic heterocycles. The van der Waals surface area contributed by atoms with Gasteiger partial charge >= 0.3 is 0 Å². The minimum atomic E-state index is -0.434. The molecule has 0 saturated carbocycles. The molecular weight excluding hydrogens is 607 g/mol. The predicted octanol–water partition coefficient (Wildman–Crippen LogP) is 11.3. The maximum absolute atomic E-state index is 5.37. The summed E-state index contributed by atoms with van der Waals surface area (Å²) in [4.78, 5) is 10.7. The fraction of sp³-hybridized carbons (Fsp3) is 0.0213. The molecule has 0 atom stereocenters. The van der Waals surface area contributed by atoms with Gasteiger partial charge in [0, 0.05) is 27.5 Å². The van der Waals surface area contributed by atoms with E-state index in [0.29, 0.717) is 5.95 Å². The highest BCUT2D eigenvalue weighted by atomic mass is 15.2. The number of benzene rings is 7. The Morgan fingerprint density at radius 1 is 0.400 bits per heavy atom. The number of rotatable bonds is 3. The molecule has 2 heterocycles. The van der Waals surface area contributed by atoms with Gasteiger partial charge in [-0.2, -0.15) is 0 Å². The van der Waals surface area contributed by atoms with Gasteiger partial charge in [0.25, 0.3) is 0 Å². The van der Waals surface area contributed by atoms with E-state index in [0.717, 1.165) is 33.5 Å². The molecule has 0 amide bonds. The molecule has 7 aromatic carbocycles. The fourth-order valence-electron chi connectivity index (χ4n) is 8.89. The number of hydrogen-bond acceptors (Lipinski definition) is 2. The third kappa shape index (κ3) is 3.53. The Morgan fingerprint density at radius 3 is 1.52 bits per heavy atom. The highest BCUT2D eigenvalue weighted by Gasteiger charge is 2.52. The van der Waals surface area contributed by atoms with Crippen LogP contribution in [0.1, 0.15) is 22.3 Å². The third-order valence-electron chi connectivity index (χ3n) is 10.8. The Kier molecular flexibility index (Phi) is 5.59. The Morgan fingerprint density at radius 2 is 0.900 bits per heavy atom. The summed E-state index contributed by atoms with van der Waals surface area (Å²) in [7, 11) is 0. The van der Waals surface area contributed by atoms with E-state index in [1.165, 1.54) is 55.3 Å². The zero-order chi connectivity index (χ0) is 32.8. The van der Waals surface area contributed by atoms with Gasteiger partial charge in [0.05, 0.1) is 27.8 Å². The summed E-state index contributed by atoms with van der Waals surface area (Å²) in [5.74, 6) is 0.662. The average Bonchev–Trinajstić information content (AvgIpc) is 3.80. The SMILES string of the molecule is c1ccc(-c2cc(-c3ccccc3)nc(-n3c4ccccc4c4ccc5c(c43)-c3ccccc3C53c4ccccc4-c4ccccc43)n2)cc1. The quantitative estimate of drug-likeness (QED) is 0.193. The first-order chi connectivity index (χ1) is 24.8. The second-order valence-electron chi connectivity index (χ2n) is 13.3. The van der Waals surface area contributed by atoms with Gasteiger partial charge in [-0.05, 0) is 51.1 Å². The molecule has 0 saturated heterocycles. The zero-order valence-electron chi connectivity index (χ0n) is 27.1. The fourth-order valence-corrected chi connectivity index (χ4v) is 8.89. The highest BCUT2D eigenvalue weighted by molar-refractivity contribution is 6.16. The van der Waals surface area contributed by atoms with Crippen LogP contribution in [0.2, 0.25) is 0 Å². The van der Waals surface area contributed by atoms with Crippen LogP contribution in [0.3, 0.4) is 0 Å². The number of para-hydroxylation sites is 1. The van der Waals surface area contributed by atoms with Gasteiger partial charge < -0.3 is 0 Å². The standard InChI is InChI=1S/C47H29N3/c1-3-15-30(16-4-1)41-29-42(31-17-5-2-6-18-31)49-46(48-41)50-43-26-14-10-21-34(43)35-27-28-40-44(45(35)50)36-22-9-13-25-39(36)47(40)37-23-11-7-19-32(37)33-20-8-12-24-38(33)47/h1-29H. The molecule has 11 rings (SSSR count). The van der Waals surface area contributed by atoms with Crippen molar-refractivity contribution in [2.75, 3.05) is 0 Å². The summed E-state index contributed by atoms with van der Waals surface area (Å²) >= 11 is 0.